The molecule has 0 amide bonds. The van der Waals surface area contributed by atoms with E-state index in [2.05, 4.69) is 0 Å². The van der Waals surface area contributed by atoms with Crippen LogP contribution in [0.15, 0.2) is 36.4 Å². The molecule has 0 aliphatic rings. The molecule has 26 heavy (non-hydrogen) atoms. The van der Waals surface area contributed by atoms with Gasteiger partial charge in [0.25, 0.3) is 0 Å². The maximum absolute atomic E-state index is 9.89. The molecule has 142 valence electrons. The molecule has 0 bridgehead atoms. The Morgan fingerprint density at radius 1 is 0.654 bits per heavy atom. The van der Waals surface area contributed by atoms with Crippen molar-refractivity contribution in [2.45, 2.75) is 25.7 Å². The first-order valence-electron chi connectivity index (χ1n) is 8.68. The van der Waals surface area contributed by atoms with Gasteiger partial charge in [-0.25, -0.2) is 0 Å². The van der Waals surface area contributed by atoms with Crippen LogP contribution in [0.5, 0.6) is 23.0 Å². The molecule has 0 radical (unpaired) electrons. The van der Waals surface area contributed by atoms with Crippen molar-refractivity contribution in [1.82, 2.24) is 0 Å². The van der Waals surface area contributed by atoms with Crippen molar-refractivity contribution in [1.29, 1.82) is 0 Å². The lowest BCUT2D eigenvalue weighted by Crippen LogP contribution is -2.23. The smallest absolute Gasteiger partial charge is 0.157 e. The molecule has 6 heteroatoms. The molecule has 6 N–H and O–H groups in total. The van der Waals surface area contributed by atoms with Crippen molar-refractivity contribution in [3.8, 4) is 23.0 Å². The molecule has 2 aromatic rings. The Balaban J connectivity index is 2.17. The van der Waals surface area contributed by atoms with Crippen LogP contribution in [-0.2, 0) is 12.8 Å². The lowest BCUT2D eigenvalue weighted by Gasteiger charge is -2.26. The monoisotopic (exact) mass is 362 g/mol. The summed E-state index contributed by atoms with van der Waals surface area (Å²) < 4.78 is 0. The number of aliphatic hydroxyl groups excluding tert-OH is 2. The standard InChI is InChI=1S/C20H26O6/c21-7-1-2-15(8-13-3-5-17(23)19(25)10-13)16(12-22)9-14-4-6-18(24)20(26)11-14/h3-6,10-11,15-16,21-26H,1-2,7-9,12H2/t15-,16+/m1/s1. The summed E-state index contributed by atoms with van der Waals surface area (Å²) in [5.74, 6) is -0.847. The number of phenolic OH excluding ortho intramolecular Hbond substituents is 4. The van der Waals surface area contributed by atoms with E-state index in [-0.39, 0.29) is 48.0 Å². The zero-order chi connectivity index (χ0) is 19.1. The molecular weight excluding hydrogens is 336 g/mol. The quantitative estimate of drug-likeness (QED) is 0.381. The summed E-state index contributed by atoms with van der Waals surface area (Å²) in [6.45, 7) is -0.0166. The molecule has 6 nitrogen and oxygen atoms in total. The highest BCUT2D eigenvalue weighted by Crippen LogP contribution is 2.32. The number of hydrogen-bond donors (Lipinski definition) is 6. The number of hydrogen-bond acceptors (Lipinski definition) is 6. The third-order valence-electron chi connectivity index (χ3n) is 4.71. The van der Waals surface area contributed by atoms with Crippen LogP contribution in [0.25, 0.3) is 0 Å². The molecule has 0 fully saturated rings. The van der Waals surface area contributed by atoms with Crippen molar-refractivity contribution in [2.24, 2.45) is 11.8 Å². The van der Waals surface area contributed by atoms with E-state index in [1.165, 1.54) is 24.3 Å². The minimum absolute atomic E-state index is 0.0343. The van der Waals surface area contributed by atoms with Crippen LogP contribution >= 0.6 is 0 Å². The SMILES string of the molecule is OCCC[C@H](Cc1ccc(O)c(O)c1)[C@H](CO)Cc1ccc(O)c(O)c1. The Hall–Kier alpha value is -2.44. The Morgan fingerprint density at radius 2 is 1.15 bits per heavy atom. The molecule has 0 heterocycles. The molecule has 0 aromatic heterocycles. The maximum atomic E-state index is 9.89. The molecule has 0 spiro atoms. The average Bonchev–Trinajstić information content (AvgIpc) is 2.62. The van der Waals surface area contributed by atoms with Crippen molar-refractivity contribution in [3.05, 3.63) is 47.5 Å². The van der Waals surface area contributed by atoms with Crippen molar-refractivity contribution >= 4 is 0 Å². The van der Waals surface area contributed by atoms with Crippen LogP contribution < -0.4 is 0 Å². The summed E-state index contributed by atoms with van der Waals surface area (Å²) in [7, 11) is 0. The van der Waals surface area contributed by atoms with Gasteiger partial charge in [0, 0.05) is 13.2 Å². The van der Waals surface area contributed by atoms with Crippen LogP contribution in [-0.4, -0.2) is 43.9 Å². The maximum Gasteiger partial charge on any atom is 0.157 e. The van der Waals surface area contributed by atoms with Gasteiger partial charge in [0.1, 0.15) is 0 Å². The molecular formula is C20H26O6. The molecule has 0 unspecified atom stereocenters. The Morgan fingerprint density at radius 3 is 1.58 bits per heavy atom. The first kappa shape index (κ1) is 19.9. The summed E-state index contributed by atoms with van der Waals surface area (Å²) >= 11 is 0. The Bertz CT molecular complexity index is 715. The van der Waals surface area contributed by atoms with Gasteiger partial charge >= 0.3 is 0 Å². The minimum Gasteiger partial charge on any atom is -0.504 e. The van der Waals surface area contributed by atoms with E-state index in [0.717, 1.165) is 11.1 Å². The second-order valence-electron chi connectivity index (χ2n) is 6.62. The Labute approximate surface area is 152 Å². The van der Waals surface area contributed by atoms with Gasteiger partial charge < -0.3 is 30.6 Å². The second kappa shape index (κ2) is 9.31. The zero-order valence-corrected chi connectivity index (χ0v) is 14.5. The predicted molar refractivity (Wildman–Crippen MR) is 97.3 cm³/mol. The number of benzene rings is 2. The zero-order valence-electron chi connectivity index (χ0n) is 14.5. The molecule has 0 saturated carbocycles. The minimum atomic E-state index is -0.199. The van der Waals surface area contributed by atoms with E-state index in [9.17, 15) is 30.6 Å². The van der Waals surface area contributed by atoms with Crippen LogP contribution in [0.3, 0.4) is 0 Å². The average molecular weight is 362 g/mol. The summed E-state index contributed by atoms with van der Waals surface area (Å²) in [5, 5.41) is 57.3. The predicted octanol–water partition coefficient (Wildman–Crippen LogP) is 2.29. The fourth-order valence-electron chi connectivity index (χ4n) is 3.24. The fraction of sp³-hybridized carbons (Fsp3) is 0.400. The first-order chi connectivity index (χ1) is 12.4. The van der Waals surface area contributed by atoms with Gasteiger partial charge in [0.05, 0.1) is 0 Å². The van der Waals surface area contributed by atoms with Crippen LogP contribution in [0.2, 0.25) is 0 Å². The summed E-state index contributed by atoms with van der Waals surface area (Å²) in [5.41, 5.74) is 1.62. The highest BCUT2D eigenvalue weighted by Gasteiger charge is 2.22. The lowest BCUT2D eigenvalue weighted by molar-refractivity contribution is 0.158. The van der Waals surface area contributed by atoms with Gasteiger partial charge in [-0.3, -0.25) is 0 Å². The van der Waals surface area contributed by atoms with Gasteiger partial charge in [-0.2, -0.15) is 0 Å². The van der Waals surface area contributed by atoms with Crippen LogP contribution in [0, 0.1) is 11.8 Å². The van der Waals surface area contributed by atoms with E-state index >= 15 is 0 Å². The van der Waals surface area contributed by atoms with E-state index in [0.29, 0.717) is 25.7 Å². The largest absolute Gasteiger partial charge is 0.504 e. The van der Waals surface area contributed by atoms with Crippen LogP contribution in [0.1, 0.15) is 24.0 Å². The summed E-state index contributed by atoms with van der Waals surface area (Å²) in [6, 6.07) is 9.25. The van der Waals surface area contributed by atoms with Gasteiger partial charge in [0.15, 0.2) is 23.0 Å². The topological polar surface area (TPSA) is 121 Å². The van der Waals surface area contributed by atoms with Crippen molar-refractivity contribution < 1.29 is 30.6 Å². The van der Waals surface area contributed by atoms with Gasteiger partial charge in [-0.05, 0) is 72.9 Å². The summed E-state index contributed by atoms with van der Waals surface area (Å²) in [4.78, 5) is 0. The molecule has 0 aliphatic heterocycles. The van der Waals surface area contributed by atoms with Crippen molar-refractivity contribution in [3.63, 3.8) is 0 Å². The number of aromatic hydroxyl groups is 4. The number of rotatable bonds is 9. The number of phenols is 4. The lowest BCUT2D eigenvalue weighted by atomic mass is 9.80. The molecule has 2 rings (SSSR count). The molecule has 2 atom stereocenters. The third-order valence-corrected chi connectivity index (χ3v) is 4.71. The van der Waals surface area contributed by atoms with Crippen LogP contribution in [0.4, 0.5) is 0 Å². The van der Waals surface area contributed by atoms with E-state index in [1.807, 2.05) is 0 Å². The van der Waals surface area contributed by atoms with E-state index in [1.54, 1.807) is 12.1 Å². The second-order valence-corrected chi connectivity index (χ2v) is 6.62. The highest BCUT2D eigenvalue weighted by molar-refractivity contribution is 5.41. The van der Waals surface area contributed by atoms with Gasteiger partial charge in [-0.15, -0.1) is 0 Å². The molecule has 0 aliphatic carbocycles. The summed E-state index contributed by atoms with van der Waals surface area (Å²) in [6.07, 6.45) is 2.35. The molecule has 2 aromatic carbocycles. The first-order valence-corrected chi connectivity index (χ1v) is 8.68. The molecule has 0 saturated heterocycles. The van der Waals surface area contributed by atoms with E-state index in [4.69, 9.17) is 0 Å². The number of aliphatic hydroxyl groups is 2. The normalized spacial score (nSPS) is 13.5. The fourth-order valence-corrected chi connectivity index (χ4v) is 3.24. The van der Waals surface area contributed by atoms with E-state index < -0.39 is 0 Å². The third kappa shape index (κ3) is 5.28. The van der Waals surface area contributed by atoms with Crippen molar-refractivity contribution in [2.75, 3.05) is 13.2 Å². The van der Waals surface area contributed by atoms with Gasteiger partial charge in [0.2, 0.25) is 0 Å². The highest BCUT2D eigenvalue weighted by atomic mass is 16.3. The van der Waals surface area contributed by atoms with Gasteiger partial charge in [-0.1, -0.05) is 12.1 Å². The Kier molecular flexibility index (Phi) is 7.12.